The molecule has 0 fully saturated rings. The van der Waals surface area contributed by atoms with Crippen molar-refractivity contribution in [3.05, 3.63) is 58.2 Å². The number of ether oxygens (including phenoxy) is 2. The molecule has 0 amide bonds. The summed E-state index contributed by atoms with van der Waals surface area (Å²) in [7, 11) is 0. The molecule has 1 heterocycles. The highest BCUT2D eigenvalue weighted by molar-refractivity contribution is 6.12. The maximum atomic E-state index is 15.0. The van der Waals surface area contributed by atoms with E-state index in [4.69, 9.17) is 9.47 Å². The van der Waals surface area contributed by atoms with Crippen LogP contribution in [0.5, 0.6) is 0 Å². The molecule has 3 atom stereocenters. The fraction of sp³-hybridized carbons (Fsp3) is 0.480. The summed E-state index contributed by atoms with van der Waals surface area (Å²) in [6.07, 6.45) is 1.70. The number of benzene rings is 1. The van der Waals surface area contributed by atoms with Crippen molar-refractivity contribution >= 4 is 17.7 Å². The number of ketones is 1. The lowest BCUT2D eigenvalue weighted by Gasteiger charge is -2.39. The predicted octanol–water partition coefficient (Wildman–Crippen LogP) is 4.17. The maximum absolute atomic E-state index is 15.0. The van der Waals surface area contributed by atoms with Gasteiger partial charge in [-0.2, -0.15) is 0 Å². The van der Waals surface area contributed by atoms with Crippen molar-refractivity contribution in [1.29, 1.82) is 0 Å². The van der Waals surface area contributed by atoms with Gasteiger partial charge in [0.25, 0.3) is 0 Å². The summed E-state index contributed by atoms with van der Waals surface area (Å²) < 4.78 is 25.5. The maximum Gasteiger partial charge on any atom is 0.336 e. The Labute approximate surface area is 187 Å². The molecule has 6 nitrogen and oxygen atoms in total. The minimum Gasteiger partial charge on any atom is -0.465 e. The number of allylic oxidation sites excluding steroid dienone is 3. The highest BCUT2D eigenvalue weighted by Crippen LogP contribution is 2.46. The molecule has 0 saturated carbocycles. The van der Waals surface area contributed by atoms with Crippen LogP contribution in [-0.2, 0) is 23.9 Å². The number of dihydropyridines is 1. The van der Waals surface area contributed by atoms with Crippen LogP contribution in [-0.4, -0.2) is 30.9 Å². The van der Waals surface area contributed by atoms with Gasteiger partial charge in [-0.05, 0) is 38.7 Å². The zero-order valence-corrected chi connectivity index (χ0v) is 19.0. The Balaban J connectivity index is 2.23. The minimum atomic E-state index is -0.999. The Bertz CT molecular complexity index is 980. The first-order chi connectivity index (χ1) is 15.3. The topological polar surface area (TPSA) is 81.7 Å². The lowest BCUT2D eigenvalue weighted by atomic mass is 9.68. The Kier molecular flexibility index (Phi) is 7.48. The highest BCUT2D eigenvalue weighted by Gasteiger charge is 2.48. The zero-order valence-electron chi connectivity index (χ0n) is 19.0. The van der Waals surface area contributed by atoms with Gasteiger partial charge in [0.15, 0.2) is 5.78 Å². The monoisotopic (exact) mass is 443 g/mol. The van der Waals surface area contributed by atoms with E-state index in [9.17, 15) is 14.4 Å². The van der Waals surface area contributed by atoms with Gasteiger partial charge in [0.2, 0.25) is 0 Å². The van der Waals surface area contributed by atoms with E-state index in [1.54, 1.807) is 32.0 Å². The van der Waals surface area contributed by atoms with Crippen molar-refractivity contribution in [2.75, 3.05) is 13.2 Å². The standard InChI is InChI=1S/C25H30FNO5/c1-5-10-17-22(25(30)32-7-3)20(15-11-8-9-12-16(15)26)21-18(27-17)13-14(4)19(23(21)28)24(29)31-6-2/h8-9,11-12,14,19-20,27H,5-7,10,13H2,1-4H3/t14-,19+,20-/m1/s1. The van der Waals surface area contributed by atoms with E-state index in [1.807, 2.05) is 13.8 Å². The smallest absolute Gasteiger partial charge is 0.336 e. The van der Waals surface area contributed by atoms with Gasteiger partial charge >= 0.3 is 11.9 Å². The molecule has 0 spiro atoms. The molecule has 0 saturated heterocycles. The van der Waals surface area contributed by atoms with E-state index < -0.39 is 35.4 Å². The second kappa shape index (κ2) is 10.1. The molecule has 0 unspecified atom stereocenters. The number of carbonyl (C=O) groups excluding carboxylic acids is 3. The first-order valence-corrected chi connectivity index (χ1v) is 11.2. The van der Waals surface area contributed by atoms with Crippen LogP contribution in [0.1, 0.15) is 58.4 Å². The summed E-state index contributed by atoms with van der Waals surface area (Å²) in [5.74, 6) is -4.39. The molecular weight excluding hydrogens is 413 g/mol. The van der Waals surface area contributed by atoms with E-state index in [0.717, 1.165) is 6.42 Å². The molecule has 1 aromatic carbocycles. The molecule has 0 radical (unpaired) electrons. The molecule has 1 aromatic rings. The fourth-order valence-electron chi connectivity index (χ4n) is 4.62. The van der Waals surface area contributed by atoms with Crippen LogP contribution in [0.4, 0.5) is 4.39 Å². The second-order valence-corrected chi connectivity index (χ2v) is 8.11. The average Bonchev–Trinajstić information content (AvgIpc) is 2.73. The van der Waals surface area contributed by atoms with Gasteiger partial charge in [0, 0.05) is 22.5 Å². The number of rotatable bonds is 7. The van der Waals surface area contributed by atoms with Crippen LogP contribution in [0.3, 0.4) is 0 Å². The fourth-order valence-corrected chi connectivity index (χ4v) is 4.62. The van der Waals surface area contributed by atoms with E-state index in [1.165, 1.54) is 6.07 Å². The summed E-state index contributed by atoms with van der Waals surface area (Å²) in [6.45, 7) is 7.49. The molecule has 0 aromatic heterocycles. The van der Waals surface area contributed by atoms with Crippen LogP contribution < -0.4 is 5.32 Å². The van der Waals surface area contributed by atoms with Crippen molar-refractivity contribution in [2.24, 2.45) is 11.8 Å². The highest BCUT2D eigenvalue weighted by atomic mass is 19.1. The third-order valence-corrected chi connectivity index (χ3v) is 5.92. The normalized spacial score (nSPS) is 22.9. The molecule has 3 rings (SSSR count). The summed E-state index contributed by atoms with van der Waals surface area (Å²) in [4.78, 5) is 39.4. The summed E-state index contributed by atoms with van der Waals surface area (Å²) in [5.41, 5.74) is 1.95. The largest absolute Gasteiger partial charge is 0.465 e. The quantitative estimate of drug-likeness (QED) is 0.503. The van der Waals surface area contributed by atoms with Crippen LogP contribution in [0, 0.1) is 17.7 Å². The van der Waals surface area contributed by atoms with E-state index in [-0.39, 0.29) is 35.8 Å². The van der Waals surface area contributed by atoms with Crippen LogP contribution in [0.15, 0.2) is 46.8 Å². The summed E-state index contributed by atoms with van der Waals surface area (Å²) in [5, 5.41) is 3.28. The Morgan fingerprint density at radius 3 is 2.44 bits per heavy atom. The first kappa shape index (κ1) is 23.7. The van der Waals surface area contributed by atoms with Crippen molar-refractivity contribution in [1.82, 2.24) is 5.32 Å². The molecule has 7 heteroatoms. The average molecular weight is 444 g/mol. The van der Waals surface area contributed by atoms with Crippen molar-refractivity contribution in [2.45, 2.75) is 52.9 Å². The molecule has 1 aliphatic carbocycles. The van der Waals surface area contributed by atoms with E-state index >= 15 is 4.39 Å². The number of hydrogen-bond acceptors (Lipinski definition) is 6. The number of hydrogen-bond donors (Lipinski definition) is 1. The molecule has 2 aliphatic rings. The predicted molar refractivity (Wildman–Crippen MR) is 117 cm³/mol. The zero-order chi connectivity index (χ0) is 23.4. The third-order valence-electron chi connectivity index (χ3n) is 5.92. The van der Waals surface area contributed by atoms with Gasteiger partial charge in [0.1, 0.15) is 11.7 Å². The lowest BCUT2D eigenvalue weighted by Crippen LogP contribution is -2.44. The van der Waals surface area contributed by atoms with Crippen molar-refractivity contribution in [3.8, 4) is 0 Å². The summed E-state index contributed by atoms with van der Waals surface area (Å²) in [6, 6.07) is 6.10. The van der Waals surface area contributed by atoms with Gasteiger partial charge in [-0.1, -0.05) is 38.5 Å². The lowest BCUT2D eigenvalue weighted by molar-refractivity contribution is -0.153. The van der Waals surface area contributed by atoms with Gasteiger partial charge < -0.3 is 14.8 Å². The molecular formula is C25H30FNO5. The summed E-state index contributed by atoms with van der Waals surface area (Å²) >= 11 is 0. The molecule has 172 valence electrons. The Morgan fingerprint density at radius 1 is 1.12 bits per heavy atom. The number of Topliss-reactive ketones (excluding diaryl/α,β-unsaturated/α-hetero) is 1. The molecule has 32 heavy (non-hydrogen) atoms. The van der Waals surface area contributed by atoms with E-state index in [0.29, 0.717) is 24.2 Å². The second-order valence-electron chi connectivity index (χ2n) is 8.11. The van der Waals surface area contributed by atoms with Gasteiger partial charge in [-0.3, -0.25) is 9.59 Å². The number of esters is 2. The van der Waals surface area contributed by atoms with Gasteiger partial charge in [-0.25, -0.2) is 9.18 Å². The SMILES string of the molecule is CCCC1=C(C(=O)OCC)[C@H](c2ccccc2F)C2=C(C[C@@H](C)[C@H](C(=O)OCC)C2=O)N1. The van der Waals surface area contributed by atoms with Crippen LogP contribution in [0.2, 0.25) is 0 Å². The van der Waals surface area contributed by atoms with Gasteiger partial charge in [0.05, 0.1) is 24.7 Å². The Hall–Kier alpha value is -2.96. The van der Waals surface area contributed by atoms with E-state index in [2.05, 4.69) is 5.32 Å². The van der Waals surface area contributed by atoms with Crippen LogP contribution in [0.25, 0.3) is 0 Å². The van der Waals surface area contributed by atoms with Crippen molar-refractivity contribution in [3.63, 3.8) is 0 Å². The molecule has 1 aliphatic heterocycles. The minimum absolute atomic E-state index is 0.147. The molecule has 1 N–H and O–H groups in total. The third kappa shape index (κ3) is 4.33. The first-order valence-electron chi connectivity index (χ1n) is 11.2. The van der Waals surface area contributed by atoms with Crippen LogP contribution >= 0.6 is 0 Å². The molecule has 0 bridgehead atoms. The number of carbonyl (C=O) groups is 3. The van der Waals surface area contributed by atoms with Gasteiger partial charge in [-0.15, -0.1) is 0 Å². The number of halogens is 1. The van der Waals surface area contributed by atoms with Crippen molar-refractivity contribution < 1.29 is 28.2 Å². The number of nitrogens with one attached hydrogen (secondary N) is 1. The Morgan fingerprint density at radius 2 is 1.81 bits per heavy atom.